The highest BCUT2D eigenvalue weighted by molar-refractivity contribution is 5.72. The molecule has 0 aliphatic rings. The maximum Gasteiger partial charge on any atom is 0.344 e. The SMILES string of the molecule is CCCCCC(Oc1cccc(-c2noc(C)n2)c1)C(=O)O. The second-order valence-electron chi connectivity index (χ2n) is 5.11. The number of carbonyl (C=O) groups is 1. The molecule has 1 aromatic carbocycles. The van der Waals surface area contributed by atoms with Gasteiger partial charge in [-0.15, -0.1) is 0 Å². The molecule has 1 heterocycles. The number of rotatable bonds is 8. The van der Waals surface area contributed by atoms with E-state index in [1.807, 2.05) is 6.07 Å². The fourth-order valence-corrected chi connectivity index (χ4v) is 2.10. The summed E-state index contributed by atoms with van der Waals surface area (Å²) in [5.74, 6) is 0.478. The molecule has 2 rings (SSSR count). The first kappa shape index (κ1) is 16.0. The molecule has 6 nitrogen and oxygen atoms in total. The van der Waals surface area contributed by atoms with Crippen LogP contribution in [-0.4, -0.2) is 27.3 Å². The van der Waals surface area contributed by atoms with Crippen molar-refractivity contribution in [2.24, 2.45) is 0 Å². The molecule has 0 spiro atoms. The van der Waals surface area contributed by atoms with Crippen LogP contribution in [-0.2, 0) is 4.79 Å². The number of ether oxygens (including phenoxy) is 1. The van der Waals surface area contributed by atoms with Crippen LogP contribution in [0.15, 0.2) is 28.8 Å². The zero-order valence-corrected chi connectivity index (χ0v) is 12.8. The van der Waals surface area contributed by atoms with E-state index in [1.165, 1.54) is 0 Å². The fraction of sp³-hybridized carbons (Fsp3) is 0.438. The van der Waals surface area contributed by atoms with Crippen LogP contribution in [0, 0.1) is 6.92 Å². The van der Waals surface area contributed by atoms with Crippen LogP contribution in [0.4, 0.5) is 0 Å². The number of carboxylic acid groups (broad SMARTS) is 1. The third-order valence-corrected chi connectivity index (χ3v) is 3.24. The second-order valence-corrected chi connectivity index (χ2v) is 5.11. The van der Waals surface area contributed by atoms with Crippen molar-refractivity contribution < 1.29 is 19.2 Å². The van der Waals surface area contributed by atoms with E-state index in [1.54, 1.807) is 25.1 Å². The first-order chi connectivity index (χ1) is 10.6. The van der Waals surface area contributed by atoms with Gasteiger partial charge in [0, 0.05) is 12.5 Å². The summed E-state index contributed by atoms with van der Waals surface area (Å²) < 4.78 is 10.6. The van der Waals surface area contributed by atoms with Crippen LogP contribution < -0.4 is 4.74 Å². The molecule has 0 amide bonds. The van der Waals surface area contributed by atoms with E-state index in [0.29, 0.717) is 23.9 Å². The molecule has 1 unspecified atom stereocenters. The van der Waals surface area contributed by atoms with Crippen LogP contribution in [0.25, 0.3) is 11.4 Å². The predicted octanol–water partition coefficient (Wildman–Crippen LogP) is 3.46. The van der Waals surface area contributed by atoms with Crippen LogP contribution in [0.5, 0.6) is 5.75 Å². The summed E-state index contributed by atoms with van der Waals surface area (Å²) in [5.41, 5.74) is 0.729. The number of aliphatic carboxylic acids is 1. The van der Waals surface area contributed by atoms with Gasteiger partial charge in [0.1, 0.15) is 5.75 Å². The van der Waals surface area contributed by atoms with Gasteiger partial charge in [0.05, 0.1) is 0 Å². The van der Waals surface area contributed by atoms with Gasteiger partial charge in [0.15, 0.2) is 6.10 Å². The predicted molar refractivity (Wildman–Crippen MR) is 80.7 cm³/mol. The number of aryl methyl sites for hydroxylation is 1. The summed E-state index contributed by atoms with van der Waals surface area (Å²) in [7, 11) is 0. The van der Waals surface area contributed by atoms with E-state index in [9.17, 15) is 9.90 Å². The number of carboxylic acids is 1. The number of benzene rings is 1. The Balaban J connectivity index is 2.09. The van der Waals surface area contributed by atoms with E-state index >= 15 is 0 Å². The minimum atomic E-state index is -0.947. The Hall–Kier alpha value is -2.37. The molecular formula is C16H20N2O4. The molecule has 0 saturated heterocycles. The van der Waals surface area contributed by atoms with Crippen LogP contribution in [0.3, 0.4) is 0 Å². The Labute approximate surface area is 129 Å². The lowest BCUT2D eigenvalue weighted by atomic mass is 10.1. The molecule has 0 radical (unpaired) electrons. The molecule has 6 heteroatoms. The molecule has 1 atom stereocenters. The van der Waals surface area contributed by atoms with Gasteiger partial charge in [-0.05, 0) is 25.0 Å². The normalized spacial score (nSPS) is 12.1. The van der Waals surface area contributed by atoms with E-state index < -0.39 is 12.1 Å². The smallest absolute Gasteiger partial charge is 0.344 e. The Kier molecular flexibility index (Phi) is 5.52. The highest BCUT2D eigenvalue weighted by Gasteiger charge is 2.19. The Morgan fingerprint density at radius 1 is 1.41 bits per heavy atom. The number of hydrogen-bond acceptors (Lipinski definition) is 5. The maximum absolute atomic E-state index is 11.3. The third kappa shape index (κ3) is 4.31. The number of hydrogen-bond donors (Lipinski definition) is 1. The van der Waals surface area contributed by atoms with Gasteiger partial charge in [-0.25, -0.2) is 4.79 Å². The molecule has 118 valence electrons. The Morgan fingerprint density at radius 2 is 2.23 bits per heavy atom. The average molecular weight is 304 g/mol. The number of nitrogens with zero attached hydrogens (tertiary/aromatic N) is 2. The summed E-state index contributed by atoms with van der Waals surface area (Å²) in [6.45, 7) is 3.79. The molecule has 0 aliphatic carbocycles. The van der Waals surface area contributed by atoms with Gasteiger partial charge < -0.3 is 14.4 Å². The Morgan fingerprint density at radius 3 is 2.86 bits per heavy atom. The van der Waals surface area contributed by atoms with Gasteiger partial charge in [-0.3, -0.25) is 0 Å². The van der Waals surface area contributed by atoms with E-state index in [2.05, 4.69) is 17.1 Å². The second kappa shape index (κ2) is 7.59. The number of unbranched alkanes of at least 4 members (excludes halogenated alkanes) is 2. The monoisotopic (exact) mass is 304 g/mol. The summed E-state index contributed by atoms with van der Waals surface area (Å²) >= 11 is 0. The minimum Gasteiger partial charge on any atom is -0.479 e. The molecular weight excluding hydrogens is 284 g/mol. The average Bonchev–Trinajstić information content (AvgIpc) is 2.93. The number of aromatic nitrogens is 2. The topological polar surface area (TPSA) is 85.5 Å². The van der Waals surface area contributed by atoms with Gasteiger partial charge in [-0.1, -0.05) is 37.1 Å². The first-order valence-corrected chi connectivity index (χ1v) is 7.40. The third-order valence-electron chi connectivity index (χ3n) is 3.24. The highest BCUT2D eigenvalue weighted by Crippen LogP contribution is 2.23. The lowest BCUT2D eigenvalue weighted by molar-refractivity contribution is -0.145. The van der Waals surface area contributed by atoms with Crippen molar-refractivity contribution in [2.75, 3.05) is 0 Å². The molecule has 22 heavy (non-hydrogen) atoms. The largest absolute Gasteiger partial charge is 0.479 e. The lowest BCUT2D eigenvalue weighted by Gasteiger charge is -2.15. The zero-order valence-electron chi connectivity index (χ0n) is 12.8. The van der Waals surface area contributed by atoms with Gasteiger partial charge in [-0.2, -0.15) is 4.98 Å². The molecule has 1 aromatic heterocycles. The van der Waals surface area contributed by atoms with Crippen molar-refractivity contribution in [1.29, 1.82) is 0 Å². The van der Waals surface area contributed by atoms with E-state index in [-0.39, 0.29) is 0 Å². The molecule has 1 N–H and O–H groups in total. The molecule has 0 aliphatic heterocycles. The van der Waals surface area contributed by atoms with Crippen molar-refractivity contribution in [3.05, 3.63) is 30.2 Å². The minimum absolute atomic E-state index is 0.459. The van der Waals surface area contributed by atoms with Crippen molar-refractivity contribution in [3.63, 3.8) is 0 Å². The van der Waals surface area contributed by atoms with Crippen molar-refractivity contribution >= 4 is 5.97 Å². The summed E-state index contributed by atoms with van der Waals surface area (Å²) in [4.78, 5) is 15.4. The molecule has 2 aromatic rings. The summed E-state index contributed by atoms with van der Waals surface area (Å²) in [6, 6.07) is 7.05. The standard InChI is InChI=1S/C16H20N2O4/c1-3-4-5-9-14(16(19)20)21-13-8-6-7-12(10-13)15-17-11(2)22-18-15/h6-8,10,14H,3-5,9H2,1-2H3,(H,19,20). The summed E-state index contributed by atoms with van der Waals surface area (Å²) in [6.07, 6.45) is 2.52. The van der Waals surface area contributed by atoms with Gasteiger partial charge in [0.25, 0.3) is 0 Å². The van der Waals surface area contributed by atoms with Crippen molar-refractivity contribution in [2.45, 2.75) is 45.6 Å². The van der Waals surface area contributed by atoms with Crippen molar-refractivity contribution in [1.82, 2.24) is 10.1 Å². The van der Waals surface area contributed by atoms with Gasteiger partial charge >= 0.3 is 5.97 Å². The zero-order chi connectivity index (χ0) is 15.9. The Bertz CT molecular complexity index is 624. The molecule has 0 fully saturated rings. The molecule has 0 bridgehead atoms. The van der Waals surface area contributed by atoms with E-state index in [4.69, 9.17) is 9.26 Å². The fourth-order valence-electron chi connectivity index (χ4n) is 2.10. The van der Waals surface area contributed by atoms with Crippen LogP contribution in [0.1, 0.15) is 38.5 Å². The highest BCUT2D eigenvalue weighted by atomic mass is 16.5. The van der Waals surface area contributed by atoms with Crippen LogP contribution in [0.2, 0.25) is 0 Å². The first-order valence-electron chi connectivity index (χ1n) is 7.40. The van der Waals surface area contributed by atoms with Crippen molar-refractivity contribution in [3.8, 4) is 17.1 Å². The maximum atomic E-state index is 11.3. The summed E-state index contributed by atoms with van der Waals surface area (Å²) in [5, 5.41) is 13.1. The van der Waals surface area contributed by atoms with Gasteiger partial charge in [0.2, 0.25) is 11.7 Å². The lowest BCUT2D eigenvalue weighted by Crippen LogP contribution is -2.26. The quantitative estimate of drug-likeness (QED) is 0.752. The van der Waals surface area contributed by atoms with Crippen LogP contribution >= 0.6 is 0 Å². The van der Waals surface area contributed by atoms with E-state index in [0.717, 1.165) is 24.8 Å². The molecule has 0 saturated carbocycles.